The lowest BCUT2D eigenvalue weighted by atomic mass is 9.72. The second-order valence-electron chi connectivity index (χ2n) is 6.14. The highest BCUT2D eigenvalue weighted by Crippen LogP contribution is 2.42. The van der Waals surface area contributed by atoms with E-state index in [4.69, 9.17) is 0 Å². The molecule has 19 heavy (non-hydrogen) atoms. The minimum Gasteiger partial charge on any atom is -0.311 e. The van der Waals surface area contributed by atoms with Crippen molar-refractivity contribution in [3.8, 4) is 0 Å². The largest absolute Gasteiger partial charge is 0.311 e. The van der Waals surface area contributed by atoms with Gasteiger partial charge in [0.2, 0.25) is 0 Å². The number of rotatable bonds is 4. The van der Waals surface area contributed by atoms with E-state index in [1.165, 1.54) is 43.2 Å². The van der Waals surface area contributed by atoms with Crippen molar-refractivity contribution in [2.75, 3.05) is 21.1 Å². The van der Waals surface area contributed by atoms with Crippen molar-refractivity contribution in [3.05, 3.63) is 35.4 Å². The second-order valence-corrected chi connectivity index (χ2v) is 6.14. The highest BCUT2D eigenvalue weighted by Gasteiger charge is 2.42. The van der Waals surface area contributed by atoms with Gasteiger partial charge in [-0.05, 0) is 52.0 Å². The first kappa shape index (κ1) is 14.5. The van der Waals surface area contributed by atoms with Gasteiger partial charge in [0.05, 0.1) is 6.04 Å². The Kier molecular flexibility index (Phi) is 4.64. The Bertz CT molecular complexity index is 405. The third-order valence-corrected chi connectivity index (χ3v) is 4.94. The molecule has 0 saturated heterocycles. The minimum absolute atomic E-state index is 0.263. The first-order valence-electron chi connectivity index (χ1n) is 7.52. The zero-order valence-corrected chi connectivity index (χ0v) is 12.9. The van der Waals surface area contributed by atoms with Crippen molar-refractivity contribution in [1.82, 2.24) is 10.2 Å². The summed E-state index contributed by atoms with van der Waals surface area (Å²) in [6.45, 7) is 2.23. The van der Waals surface area contributed by atoms with Gasteiger partial charge in [0.25, 0.3) is 0 Å². The number of nitrogens with zero attached hydrogens (tertiary/aromatic N) is 1. The van der Waals surface area contributed by atoms with Crippen LogP contribution >= 0.6 is 0 Å². The summed E-state index contributed by atoms with van der Waals surface area (Å²) in [5.74, 6) is 0. The van der Waals surface area contributed by atoms with Gasteiger partial charge in [-0.3, -0.25) is 0 Å². The fraction of sp³-hybridized carbons (Fsp3) is 0.647. The molecule has 2 nitrogen and oxygen atoms in total. The van der Waals surface area contributed by atoms with Crippen molar-refractivity contribution < 1.29 is 0 Å². The number of benzene rings is 1. The topological polar surface area (TPSA) is 15.3 Å². The highest BCUT2D eigenvalue weighted by molar-refractivity contribution is 5.32. The Morgan fingerprint density at radius 1 is 1.11 bits per heavy atom. The number of hydrogen-bond acceptors (Lipinski definition) is 2. The van der Waals surface area contributed by atoms with Crippen LogP contribution in [0.3, 0.4) is 0 Å². The third kappa shape index (κ3) is 2.70. The summed E-state index contributed by atoms with van der Waals surface area (Å²) in [5.41, 5.74) is 3.12. The molecule has 1 fully saturated rings. The number of aryl methyl sites for hydroxylation is 1. The quantitative estimate of drug-likeness (QED) is 0.891. The summed E-state index contributed by atoms with van der Waals surface area (Å²) in [4.78, 5) is 2.46. The van der Waals surface area contributed by atoms with Gasteiger partial charge in [0.1, 0.15) is 0 Å². The molecule has 0 aliphatic heterocycles. The van der Waals surface area contributed by atoms with Crippen molar-refractivity contribution in [3.63, 3.8) is 0 Å². The molecule has 2 rings (SSSR count). The van der Waals surface area contributed by atoms with Crippen molar-refractivity contribution in [2.24, 2.45) is 0 Å². The van der Waals surface area contributed by atoms with E-state index in [2.05, 4.69) is 62.5 Å². The van der Waals surface area contributed by atoms with Crippen molar-refractivity contribution in [2.45, 2.75) is 50.6 Å². The molecule has 0 radical (unpaired) electrons. The Morgan fingerprint density at radius 2 is 1.74 bits per heavy atom. The maximum Gasteiger partial charge on any atom is 0.0507 e. The summed E-state index contributed by atoms with van der Waals surface area (Å²) in [6.07, 6.45) is 6.67. The van der Waals surface area contributed by atoms with Crippen LogP contribution in [0.5, 0.6) is 0 Å². The van der Waals surface area contributed by atoms with Crippen molar-refractivity contribution >= 4 is 0 Å². The predicted octanol–water partition coefficient (Wildman–Crippen LogP) is 3.52. The molecule has 1 aromatic carbocycles. The zero-order chi connectivity index (χ0) is 13.9. The van der Waals surface area contributed by atoms with Crippen LogP contribution in [-0.2, 0) is 0 Å². The molecule has 1 aliphatic carbocycles. The smallest absolute Gasteiger partial charge is 0.0507 e. The van der Waals surface area contributed by atoms with E-state index in [9.17, 15) is 0 Å². The molecular weight excluding hydrogens is 232 g/mol. The molecule has 0 heterocycles. The minimum atomic E-state index is 0.263. The predicted molar refractivity (Wildman–Crippen MR) is 82.5 cm³/mol. The van der Waals surface area contributed by atoms with Gasteiger partial charge in [-0.15, -0.1) is 0 Å². The molecule has 106 valence electrons. The molecular formula is C17H28N2. The molecule has 1 saturated carbocycles. The van der Waals surface area contributed by atoms with Gasteiger partial charge in [0, 0.05) is 5.54 Å². The number of likely N-dealkylation sites (N-methyl/N-ethyl adjacent to an activating group) is 2. The lowest BCUT2D eigenvalue weighted by Crippen LogP contribution is -2.54. The first-order chi connectivity index (χ1) is 9.12. The maximum atomic E-state index is 3.61. The van der Waals surface area contributed by atoms with Crippen LogP contribution < -0.4 is 5.32 Å². The highest BCUT2D eigenvalue weighted by atomic mass is 15.2. The molecule has 0 bridgehead atoms. The molecule has 1 atom stereocenters. The van der Waals surface area contributed by atoms with Gasteiger partial charge >= 0.3 is 0 Å². The summed E-state index contributed by atoms with van der Waals surface area (Å²) in [6, 6.07) is 9.24. The van der Waals surface area contributed by atoms with E-state index in [-0.39, 0.29) is 5.54 Å². The monoisotopic (exact) mass is 260 g/mol. The summed E-state index contributed by atoms with van der Waals surface area (Å²) >= 11 is 0. The fourth-order valence-corrected chi connectivity index (χ4v) is 3.78. The van der Waals surface area contributed by atoms with Crippen molar-refractivity contribution in [1.29, 1.82) is 0 Å². The van der Waals surface area contributed by atoms with Crippen LogP contribution in [0.4, 0.5) is 0 Å². The normalized spacial score (nSPS) is 20.5. The lowest BCUT2D eigenvalue weighted by molar-refractivity contribution is 0.0592. The van der Waals surface area contributed by atoms with E-state index in [1.54, 1.807) is 0 Å². The van der Waals surface area contributed by atoms with E-state index < -0.39 is 0 Å². The van der Waals surface area contributed by atoms with Crippen LogP contribution in [0, 0.1) is 6.92 Å². The van der Waals surface area contributed by atoms with E-state index in [0.29, 0.717) is 6.04 Å². The van der Waals surface area contributed by atoms with Crippen LogP contribution in [0.2, 0.25) is 0 Å². The summed E-state index contributed by atoms with van der Waals surface area (Å²) < 4.78 is 0. The number of hydrogen-bond donors (Lipinski definition) is 1. The Morgan fingerprint density at radius 3 is 2.26 bits per heavy atom. The van der Waals surface area contributed by atoms with Gasteiger partial charge < -0.3 is 10.2 Å². The summed E-state index contributed by atoms with van der Waals surface area (Å²) in [7, 11) is 6.60. The van der Waals surface area contributed by atoms with Gasteiger partial charge in [-0.1, -0.05) is 43.5 Å². The van der Waals surface area contributed by atoms with Gasteiger partial charge in [-0.2, -0.15) is 0 Å². The molecule has 1 unspecified atom stereocenters. The molecule has 1 N–H and O–H groups in total. The van der Waals surface area contributed by atoms with E-state index >= 15 is 0 Å². The van der Waals surface area contributed by atoms with Crippen LogP contribution in [-0.4, -0.2) is 31.6 Å². The molecule has 0 amide bonds. The third-order valence-electron chi connectivity index (χ3n) is 4.94. The standard InChI is InChI=1S/C17H28N2/c1-14-10-6-7-11-15(14)16(18-2)17(19(3)4)12-8-5-9-13-17/h6-7,10-11,16,18H,5,8-9,12-13H2,1-4H3. The van der Waals surface area contributed by atoms with E-state index in [1.807, 2.05) is 0 Å². The Hall–Kier alpha value is -0.860. The first-order valence-corrected chi connectivity index (χ1v) is 7.52. The zero-order valence-electron chi connectivity index (χ0n) is 12.9. The Balaban J connectivity index is 2.40. The maximum absolute atomic E-state index is 3.61. The Labute approximate surface area is 118 Å². The average molecular weight is 260 g/mol. The summed E-state index contributed by atoms with van der Waals surface area (Å²) in [5, 5.41) is 3.61. The fourth-order valence-electron chi connectivity index (χ4n) is 3.78. The molecule has 2 heteroatoms. The van der Waals surface area contributed by atoms with Gasteiger partial charge in [-0.25, -0.2) is 0 Å². The number of nitrogens with one attached hydrogen (secondary N) is 1. The molecule has 0 aromatic heterocycles. The molecule has 0 spiro atoms. The van der Waals surface area contributed by atoms with Crippen LogP contribution in [0.1, 0.15) is 49.3 Å². The van der Waals surface area contributed by atoms with E-state index in [0.717, 1.165) is 0 Å². The van der Waals surface area contributed by atoms with Gasteiger partial charge in [0.15, 0.2) is 0 Å². The average Bonchev–Trinajstić information content (AvgIpc) is 2.42. The lowest BCUT2D eigenvalue weighted by Gasteiger charge is -2.49. The molecule has 1 aromatic rings. The molecule has 1 aliphatic rings. The SMILES string of the molecule is CNC(c1ccccc1C)C1(N(C)C)CCCCC1. The van der Waals surface area contributed by atoms with Crippen LogP contribution in [0.15, 0.2) is 24.3 Å². The van der Waals surface area contributed by atoms with Crippen LogP contribution in [0.25, 0.3) is 0 Å². The second kappa shape index (κ2) is 6.06.